The van der Waals surface area contributed by atoms with E-state index in [1.807, 2.05) is 39.0 Å². The third-order valence-electron chi connectivity index (χ3n) is 9.09. The van der Waals surface area contributed by atoms with E-state index in [-0.39, 0.29) is 31.5 Å². The van der Waals surface area contributed by atoms with Gasteiger partial charge < -0.3 is 14.0 Å². The second kappa shape index (κ2) is 13.5. The van der Waals surface area contributed by atoms with Gasteiger partial charge in [0, 0.05) is 50.8 Å². The van der Waals surface area contributed by atoms with Crippen LogP contribution in [0.3, 0.4) is 0 Å². The molecule has 5 nitrogen and oxygen atoms in total. The zero-order valence-corrected chi connectivity index (χ0v) is 30.2. The quantitative estimate of drug-likeness (QED) is 0.166. The third-order valence-corrected chi connectivity index (χ3v) is 9.09. The molecule has 1 saturated carbocycles. The molecule has 5 heterocycles. The maximum Gasteiger partial charge on any atom is 0.216 e. The van der Waals surface area contributed by atoms with Crippen LogP contribution in [0.15, 0.2) is 89.5 Å². The summed E-state index contributed by atoms with van der Waals surface area (Å²) in [5, 5.41) is 1.48. The number of nitrogens with zero attached hydrogens (tertiary/aromatic N) is 4. The second-order valence-corrected chi connectivity index (χ2v) is 13.7. The van der Waals surface area contributed by atoms with E-state index in [0.717, 1.165) is 34.8 Å². The van der Waals surface area contributed by atoms with Gasteiger partial charge in [0.25, 0.3) is 0 Å². The topological polar surface area (TPSA) is 56.7 Å². The number of pyridine rings is 2. The number of allylic oxidation sites excluding steroid dienone is 1. The first-order valence-electron chi connectivity index (χ1n) is 19.2. The Hall–Kier alpha value is -4.38. The van der Waals surface area contributed by atoms with Crippen LogP contribution in [0.25, 0.3) is 61.8 Å². The van der Waals surface area contributed by atoms with E-state index >= 15 is 0 Å². The van der Waals surface area contributed by atoms with E-state index in [1.165, 1.54) is 48.4 Å². The Morgan fingerprint density at radius 3 is 2.65 bits per heavy atom. The smallest absolute Gasteiger partial charge is 0.216 e. The van der Waals surface area contributed by atoms with Gasteiger partial charge in [0.2, 0.25) is 5.71 Å². The maximum atomic E-state index is 8.55. The Morgan fingerprint density at radius 1 is 0.980 bits per heavy atom. The summed E-state index contributed by atoms with van der Waals surface area (Å²) in [7, 11) is 0. The van der Waals surface area contributed by atoms with Crippen molar-refractivity contribution in [3.05, 3.63) is 120 Å². The van der Waals surface area contributed by atoms with Crippen LogP contribution in [0.2, 0.25) is 0 Å². The summed E-state index contributed by atoms with van der Waals surface area (Å²) in [6.45, 7) is 4.13. The summed E-state index contributed by atoms with van der Waals surface area (Å²) in [4.78, 5) is 13.6. The molecule has 0 atom stereocenters. The third kappa shape index (κ3) is 6.65. The Labute approximate surface area is 308 Å². The molecule has 1 aliphatic heterocycles. The fraction of sp³-hybridized carbons (Fsp3) is 0.279. The van der Waals surface area contributed by atoms with Crippen LogP contribution in [0.4, 0.5) is 0 Å². The molecule has 0 amide bonds. The number of fused-ring (bicyclic) bond motifs is 3. The normalized spacial score (nSPS) is 16.3. The van der Waals surface area contributed by atoms with Crippen molar-refractivity contribution in [1.29, 1.82) is 0 Å². The van der Waals surface area contributed by atoms with Crippen molar-refractivity contribution in [2.45, 2.75) is 72.1 Å². The van der Waals surface area contributed by atoms with Crippen molar-refractivity contribution >= 4 is 39.2 Å². The van der Waals surface area contributed by atoms with Gasteiger partial charge in [-0.2, -0.15) is 0 Å². The molecule has 0 N–H and O–H groups in total. The Kier molecular flexibility index (Phi) is 7.56. The Bertz CT molecular complexity index is 2510. The predicted molar refractivity (Wildman–Crippen MR) is 196 cm³/mol. The first kappa shape index (κ1) is 27.4. The van der Waals surface area contributed by atoms with Crippen molar-refractivity contribution in [3.63, 3.8) is 0 Å². The first-order chi connectivity index (χ1) is 25.3. The molecule has 0 unspecified atom stereocenters. The molecule has 249 valence electrons. The van der Waals surface area contributed by atoms with Crippen LogP contribution in [0.1, 0.15) is 81.6 Å². The average molecular weight is 826 g/mol. The molecule has 1 fully saturated rings. The summed E-state index contributed by atoms with van der Waals surface area (Å²) in [6.07, 6.45) is 9.91. The van der Waals surface area contributed by atoms with Crippen LogP contribution < -0.4 is 0 Å². The van der Waals surface area contributed by atoms with Gasteiger partial charge in [-0.15, -0.1) is 54.1 Å². The van der Waals surface area contributed by atoms with Crippen LogP contribution in [-0.4, -0.2) is 19.5 Å². The number of imidazole rings is 1. The summed E-state index contributed by atoms with van der Waals surface area (Å²) in [5.41, 5.74) is 8.02. The number of furan rings is 1. The zero-order valence-electron chi connectivity index (χ0n) is 32.8. The molecule has 1 aliphatic carbocycles. The van der Waals surface area contributed by atoms with Crippen LogP contribution in [-0.2, 0) is 33.0 Å². The Morgan fingerprint density at radius 2 is 1.86 bits per heavy atom. The molecule has 0 bridgehead atoms. The molecule has 6 heteroatoms. The van der Waals surface area contributed by atoms with Gasteiger partial charge >= 0.3 is 0 Å². The minimum Gasteiger partial charge on any atom is -0.486 e. The molecule has 3 aromatic carbocycles. The van der Waals surface area contributed by atoms with Crippen molar-refractivity contribution < 1.29 is 31.4 Å². The van der Waals surface area contributed by atoms with Gasteiger partial charge in [-0.25, -0.2) is 4.98 Å². The molecule has 1 radical (unpaired) electrons. The molecule has 49 heavy (non-hydrogen) atoms. The molecule has 4 aromatic heterocycles. The molecule has 9 rings (SSSR count). The molecule has 0 spiro atoms. The van der Waals surface area contributed by atoms with Gasteiger partial charge in [-0.05, 0) is 84.6 Å². The van der Waals surface area contributed by atoms with Crippen molar-refractivity contribution in [1.82, 2.24) is 19.5 Å². The van der Waals surface area contributed by atoms with E-state index in [9.17, 15) is 0 Å². The van der Waals surface area contributed by atoms with Gasteiger partial charge in [0.1, 0.15) is 0 Å². The number of hydrogen-bond acceptors (Lipinski definition) is 4. The van der Waals surface area contributed by atoms with E-state index < -0.39 is 18.6 Å². The first-order valence-corrected chi connectivity index (χ1v) is 16.7. The fourth-order valence-corrected chi connectivity index (χ4v) is 7.04. The van der Waals surface area contributed by atoms with Gasteiger partial charge in [0.05, 0.1) is 22.4 Å². The maximum absolute atomic E-state index is 8.55. The summed E-state index contributed by atoms with van der Waals surface area (Å²) >= 11 is 0. The monoisotopic (exact) mass is 826 g/mol. The van der Waals surface area contributed by atoms with Crippen LogP contribution in [0.5, 0.6) is 0 Å². The SMILES string of the molecule is [2H]C([2H])([2H])c1ccc2c(n1)oc1c(-c3cc(C([2H])([2H])C(C)(C)C)ccn3)[c-]ccc12.[Ir].[c-]1ccccc1-c1nc2cc(C3CCCC3)cc3c2n1CC=C3. The minimum absolute atomic E-state index is 0. The molecule has 0 saturated heterocycles. The number of rotatable bonds is 4. The van der Waals surface area contributed by atoms with Crippen molar-refractivity contribution in [2.24, 2.45) is 5.41 Å². The number of aryl methyl sites for hydroxylation is 1. The van der Waals surface area contributed by atoms with Gasteiger partial charge in [-0.3, -0.25) is 4.98 Å². The second-order valence-electron chi connectivity index (χ2n) is 13.7. The summed E-state index contributed by atoms with van der Waals surface area (Å²) in [5.74, 6) is 1.76. The van der Waals surface area contributed by atoms with Crippen LogP contribution >= 0.6 is 0 Å². The zero-order chi connectivity index (χ0) is 37.1. The number of benzene rings is 3. The molecule has 7 aromatic rings. The largest absolute Gasteiger partial charge is 0.486 e. The van der Waals surface area contributed by atoms with Crippen molar-refractivity contribution in [3.8, 4) is 22.6 Å². The summed E-state index contributed by atoms with van der Waals surface area (Å²) in [6, 6.07) is 29.5. The molecular formula is C43H40IrN4O-2. The number of aromatic nitrogens is 4. The van der Waals surface area contributed by atoms with E-state index in [2.05, 4.69) is 63.1 Å². The number of hydrogen-bond donors (Lipinski definition) is 0. The molecular weight excluding hydrogens is 781 g/mol. The fourth-order valence-electron chi connectivity index (χ4n) is 7.04. The van der Waals surface area contributed by atoms with E-state index in [1.54, 1.807) is 30.5 Å². The van der Waals surface area contributed by atoms with Gasteiger partial charge in [-0.1, -0.05) is 68.3 Å². The summed E-state index contributed by atoms with van der Waals surface area (Å²) < 4.78 is 48.1. The van der Waals surface area contributed by atoms with E-state index in [0.29, 0.717) is 27.8 Å². The standard InChI is InChI=1S/C22H21N2O.C21H19N2.Ir/c1-14-8-9-17-16-6-5-7-18(20(16)25-21(17)24-14)19-12-15(10-11-23-19)13-22(2,3)4;1-2-9-16(10-3-1)21-22-19-14-18(15-7-4-5-8-15)13-17-11-6-12-23(21)20(17)19;/h5-6,8-12H,13H2,1-4H3;1-3,6,9,11,13-15H,4-5,7-8,12H2;/q2*-1;/i1D3,13D2;;. The van der Waals surface area contributed by atoms with Gasteiger partial charge in [0.15, 0.2) is 0 Å². The minimum atomic E-state index is -2.32. The predicted octanol–water partition coefficient (Wildman–Crippen LogP) is 10.9. The Balaban J connectivity index is 0.000000168. The average Bonchev–Trinajstić information content (AvgIpc) is 3.90. The van der Waals surface area contributed by atoms with Crippen LogP contribution in [0, 0.1) is 24.4 Å². The van der Waals surface area contributed by atoms with E-state index in [4.69, 9.17) is 16.3 Å². The molecule has 2 aliphatic rings. The van der Waals surface area contributed by atoms with Crippen molar-refractivity contribution in [2.75, 3.05) is 0 Å².